The maximum absolute atomic E-state index is 13.6. The summed E-state index contributed by atoms with van der Waals surface area (Å²) in [6.07, 6.45) is 2.77. The molecule has 0 amide bonds. The van der Waals surface area contributed by atoms with Crippen LogP contribution >= 0.6 is 0 Å². The zero-order chi connectivity index (χ0) is 13.0. The van der Waals surface area contributed by atoms with E-state index in [1.54, 1.807) is 12.3 Å². The molecule has 3 nitrogen and oxygen atoms in total. The average Bonchev–Trinajstić information content (AvgIpc) is 2.85. The highest BCUT2D eigenvalue weighted by atomic mass is 19.1. The molecular weight excluding hydrogens is 238 g/mol. The van der Waals surface area contributed by atoms with Gasteiger partial charge >= 0.3 is 0 Å². The van der Waals surface area contributed by atoms with Crippen LogP contribution < -0.4 is 11.3 Å². The Morgan fingerprint density at radius 1 is 1.28 bits per heavy atom. The van der Waals surface area contributed by atoms with E-state index >= 15 is 0 Å². The van der Waals surface area contributed by atoms with Crippen molar-refractivity contribution in [3.05, 3.63) is 59.6 Å². The van der Waals surface area contributed by atoms with Gasteiger partial charge in [-0.3, -0.25) is 11.3 Å². The van der Waals surface area contributed by atoms with Crippen molar-refractivity contribution in [2.45, 2.75) is 18.9 Å². The number of hydrogen-bond donors (Lipinski definition) is 2. The highest BCUT2D eigenvalue weighted by Gasteiger charge is 2.15. The number of furan rings is 1. The number of nitrogens with two attached hydrogens (primary N) is 1. The van der Waals surface area contributed by atoms with E-state index in [9.17, 15) is 8.78 Å². The molecular formula is C13H14F2N2O. The van der Waals surface area contributed by atoms with E-state index in [2.05, 4.69) is 5.43 Å². The van der Waals surface area contributed by atoms with Crippen LogP contribution in [0.4, 0.5) is 8.78 Å². The molecule has 0 aliphatic carbocycles. The summed E-state index contributed by atoms with van der Waals surface area (Å²) in [5.41, 5.74) is 2.89. The van der Waals surface area contributed by atoms with Crippen LogP contribution in [0.15, 0.2) is 41.0 Å². The molecule has 1 aromatic heterocycles. The molecule has 2 aromatic rings. The van der Waals surface area contributed by atoms with Crippen LogP contribution in [0.2, 0.25) is 0 Å². The van der Waals surface area contributed by atoms with Crippen LogP contribution in [0.1, 0.15) is 23.8 Å². The van der Waals surface area contributed by atoms with E-state index in [0.717, 1.165) is 11.8 Å². The molecule has 0 fully saturated rings. The van der Waals surface area contributed by atoms with E-state index in [0.29, 0.717) is 18.4 Å². The van der Waals surface area contributed by atoms with E-state index in [-0.39, 0.29) is 6.04 Å². The number of hydrazine groups is 1. The van der Waals surface area contributed by atoms with Crippen molar-refractivity contribution in [1.29, 1.82) is 0 Å². The fourth-order valence-electron chi connectivity index (χ4n) is 1.85. The molecule has 1 atom stereocenters. The van der Waals surface area contributed by atoms with Gasteiger partial charge < -0.3 is 4.42 Å². The first-order valence-electron chi connectivity index (χ1n) is 5.64. The number of rotatable bonds is 5. The summed E-state index contributed by atoms with van der Waals surface area (Å²) in [4.78, 5) is 0. The second-order valence-electron chi connectivity index (χ2n) is 4.00. The predicted octanol–water partition coefficient (Wildman–Crippen LogP) is 2.70. The lowest BCUT2D eigenvalue weighted by molar-refractivity contribution is 0.445. The van der Waals surface area contributed by atoms with Crippen LogP contribution in [0, 0.1) is 11.6 Å². The van der Waals surface area contributed by atoms with Crippen LogP contribution in [-0.4, -0.2) is 0 Å². The minimum absolute atomic E-state index is 0.352. The fourth-order valence-corrected chi connectivity index (χ4v) is 1.85. The number of benzene rings is 1. The van der Waals surface area contributed by atoms with Crippen molar-refractivity contribution >= 4 is 0 Å². The van der Waals surface area contributed by atoms with Gasteiger partial charge in [-0.2, -0.15) is 0 Å². The molecule has 0 radical (unpaired) electrons. The molecule has 0 aliphatic heterocycles. The number of hydrogen-bond acceptors (Lipinski definition) is 3. The largest absolute Gasteiger partial charge is 0.469 e. The van der Waals surface area contributed by atoms with Crippen molar-refractivity contribution in [3.8, 4) is 0 Å². The van der Waals surface area contributed by atoms with Crippen LogP contribution in [0.25, 0.3) is 0 Å². The highest BCUT2D eigenvalue weighted by Crippen LogP contribution is 2.22. The van der Waals surface area contributed by atoms with Crippen molar-refractivity contribution in [3.63, 3.8) is 0 Å². The average molecular weight is 252 g/mol. The molecule has 1 aromatic carbocycles. The standard InChI is InChI=1S/C13H14F2N2O/c14-9-3-5-11(12(15)8-9)13(17-16)6-4-10-2-1-7-18-10/h1-3,5,7-8,13,17H,4,6,16H2. The monoisotopic (exact) mass is 252 g/mol. The quantitative estimate of drug-likeness (QED) is 0.635. The predicted molar refractivity (Wildman–Crippen MR) is 63.5 cm³/mol. The van der Waals surface area contributed by atoms with Crippen LogP contribution in [-0.2, 0) is 6.42 Å². The molecule has 0 aliphatic rings. The van der Waals surface area contributed by atoms with Gasteiger partial charge in [-0.15, -0.1) is 0 Å². The molecule has 2 rings (SSSR count). The van der Waals surface area contributed by atoms with Gasteiger partial charge in [-0.25, -0.2) is 8.78 Å². The third-order valence-corrected chi connectivity index (χ3v) is 2.80. The first-order valence-corrected chi connectivity index (χ1v) is 5.64. The van der Waals surface area contributed by atoms with Gasteiger partial charge in [0.25, 0.3) is 0 Å². The topological polar surface area (TPSA) is 51.2 Å². The van der Waals surface area contributed by atoms with Gasteiger partial charge in [-0.1, -0.05) is 6.07 Å². The lowest BCUT2D eigenvalue weighted by atomic mass is 10.0. The zero-order valence-electron chi connectivity index (χ0n) is 9.70. The van der Waals surface area contributed by atoms with Crippen LogP contribution in [0.3, 0.4) is 0 Å². The number of halogens is 2. The Kier molecular flexibility index (Phi) is 4.07. The molecule has 1 heterocycles. The van der Waals surface area contributed by atoms with E-state index < -0.39 is 11.6 Å². The fraction of sp³-hybridized carbons (Fsp3) is 0.231. The Hall–Kier alpha value is -1.72. The molecule has 3 N–H and O–H groups in total. The Morgan fingerprint density at radius 2 is 2.11 bits per heavy atom. The Bertz CT molecular complexity index is 500. The van der Waals surface area contributed by atoms with Crippen molar-refractivity contribution < 1.29 is 13.2 Å². The maximum Gasteiger partial charge on any atom is 0.130 e. The second kappa shape index (κ2) is 5.75. The Labute approximate surface area is 104 Å². The van der Waals surface area contributed by atoms with Crippen molar-refractivity contribution in [2.24, 2.45) is 5.84 Å². The lowest BCUT2D eigenvalue weighted by Crippen LogP contribution is -2.29. The minimum Gasteiger partial charge on any atom is -0.469 e. The smallest absolute Gasteiger partial charge is 0.130 e. The second-order valence-corrected chi connectivity index (χ2v) is 4.00. The van der Waals surface area contributed by atoms with E-state index in [1.165, 1.54) is 12.1 Å². The van der Waals surface area contributed by atoms with Gasteiger partial charge in [0.15, 0.2) is 0 Å². The molecule has 5 heteroatoms. The highest BCUT2D eigenvalue weighted by molar-refractivity contribution is 5.22. The zero-order valence-corrected chi connectivity index (χ0v) is 9.70. The molecule has 0 bridgehead atoms. The van der Waals surface area contributed by atoms with Crippen LogP contribution in [0.5, 0.6) is 0 Å². The number of nitrogens with one attached hydrogen (secondary N) is 1. The Balaban J connectivity index is 2.08. The molecule has 18 heavy (non-hydrogen) atoms. The van der Waals surface area contributed by atoms with Gasteiger partial charge in [0, 0.05) is 24.1 Å². The summed E-state index contributed by atoms with van der Waals surface area (Å²) in [5.74, 6) is 5.02. The van der Waals surface area contributed by atoms with Crippen molar-refractivity contribution in [2.75, 3.05) is 0 Å². The van der Waals surface area contributed by atoms with Gasteiger partial charge in [0.2, 0.25) is 0 Å². The van der Waals surface area contributed by atoms with Crippen molar-refractivity contribution in [1.82, 2.24) is 5.43 Å². The molecule has 0 spiro atoms. The molecule has 0 saturated carbocycles. The first-order chi connectivity index (χ1) is 8.70. The third kappa shape index (κ3) is 2.94. The minimum atomic E-state index is -0.600. The van der Waals surface area contributed by atoms with Gasteiger partial charge in [0.05, 0.1) is 6.26 Å². The Morgan fingerprint density at radius 3 is 2.72 bits per heavy atom. The SMILES string of the molecule is NNC(CCc1ccco1)c1ccc(F)cc1F. The summed E-state index contributed by atoms with van der Waals surface area (Å²) < 4.78 is 31.6. The maximum atomic E-state index is 13.6. The summed E-state index contributed by atoms with van der Waals surface area (Å²) in [6, 6.07) is 6.73. The normalized spacial score (nSPS) is 12.6. The first kappa shape index (κ1) is 12.7. The van der Waals surface area contributed by atoms with Gasteiger partial charge in [0.1, 0.15) is 17.4 Å². The summed E-state index contributed by atoms with van der Waals surface area (Å²) >= 11 is 0. The summed E-state index contributed by atoms with van der Waals surface area (Å²) in [7, 11) is 0. The summed E-state index contributed by atoms with van der Waals surface area (Å²) in [5, 5.41) is 0. The number of aryl methyl sites for hydroxylation is 1. The summed E-state index contributed by atoms with van der Waals surface area (Å²) in [6.45, 7) is 0. The third-order valence-electron chi connectivity index (χ3n) is 2.80. The molecule has 96 valence electrons. The molecule has 1 unspecified atom stereocenters. The lowest BCUT2D eigenvalue weighted by Gasteiger charge is -2.16. The van der Waals surface area contributed by atoms with E-state index in [4.69, 9.17) is 10.3 Å². The van der Waals surface area contributed by atoms with E-state index in [1.807, 2.05) is 6.07 Å². The molecule has 0 saturated heterocycles. The van der Waals surface area contributed by atoms with Gasteiger partial charge in [-0.05, 0) is 24.6 Å².